The average Bonchev–Trinajstić information content (AvgIpc) is 3.97. The molecule has 0 spiro atoms. The standard InChI is InChI=1S/C48H56N12O4/c1-29-25-34(9-13-37(29)31(3)51-44(62)45-55-46(56-64-45)48(4,5)6)40-41-43(50-28-49-40)54-42(53-41)33-7-10-35(11-8-33)59-23-21-57(22-24-59)27-32-15-18-58(19-16-32)36-12-14-38(30(2)26-36)60-20-17-39(61)52-47(60)63/h7-14,25-26,28,31-32H,15-24,27H2,1-6H3,(H,51,62)(H,52,61,63)(H,49,50,53,54)/t31-/m1/s1. The molecule has 16 heteroatoms. The Kier molecular flexibility index (Phi) is 11.6. The van der Waals surface area contributed by atoms with Gasteiger partial charge in [-0.15, -0.1) is 0 Å². The minimum absolute atomic E-state index is 0.0537. The van der Waals surface area contributed by atoms with Crippen LogP contribution in [0.3, 0.4) is 0 Å². The normalized spacial score (nSPS) is 17.2. The lowest BCUT2D eigenvalue weighted by Crippen LogP contribution is -2.49. The highest BCUT2D eigenvalue weighted by Crippen LogP contribution is 2.33. The molecule has 64 heavy (non-hydrogen) atoms. The Bertz CT molecular complexity index is 2690. The van der Waals surface area contributed by atoms with Crippen molar-refractivity contribution in [1.82, 2.24) is 45.6 Å². The van der Waals surface area contributed by atoms with E-state index in [0.29, 0.717) is 35.9 Å². The number of piperazine rings is 1. The predicted molar refractivity (Wildman–Crippen MR) is 246 cm³/mol. The van der Waals surface area contributed by atoms with E-state index in [4.69, 9.17) is 9.51 Å². The van der Waals surface area contributed by atoms with Crippen LogP contribution in [0.2, 0.25) is 0 Å². The van der Waals surface area contributed by atoms with E-state index in [1.807, 2.05) is 59.7 Å². The smallest absolute Gasteiger partial charge is 0.328 e. The zero-order valence-electron chi connectivity index (χ0n) is 37.4. The summed E-state index contributed by atoms with van der Waals surface area (Å²) in [4.78, 5) is 68.0. The maximum absolute atomic E-state index is 12.9. The van der Waals surface area contributed by atoms with Crippen molar-refractivity contribution in [3.63, 3.8) is 0 Å². The Morgan fingerprint density at radius 3 is 2.25 bits per heavy atom. The third-order valence-corrected chi connectivity index (χ3v) is 12.8. The lowest BCUT2D eigenvalue weighted by atomic mass is 9.95. The van der Waals surface area contributed by atoms with Crippen LogP contribution in [-0.4, -0.2) is 105 Å². The highest BCUT2D eigenvalue weighted by atomic mass is 16.5. The molecule has 3 saturated heterocycles. The second-order valence-electron chi connectivity index (χ2n) is 18.4. The SMILES string of the molecule is Cc1cc(-c2ncnc3[nH]c(-c4ccc(N5CCN(CC6CCN(c7ccc(N8CCC(=O)NC8=O)c(C)c7)CC6)CC5)cc4)nc23)ccc1[C@@H](C)NC(=O)c1nc(C(C)(C)C)no1. The number of carbonyl (C=O) groups is 3. The zero-order valence-corrected chi connectivity index (χ0v) is 37.4. The molecule has 0 unspecified atom stereocenters. The van der Waals surface area contributed by atoms with E-state index in [-0.39, 0.29) is 29.3 Å². The third-order valence-electron chi connectivity index (χ3n) is 12.8. The highest BCUT2D eigenvalue weighted by molar-refractivity contribution is 6.06. The molecule has 3 aliphatic heterocycles. The van der Waals surface area contributed by atoms with Crippen LogP contribution in [0.1, 0.15) is 86.2 Å². The van der Waals surface area contributed by atoms with Crippen LogP contribution < -0.4 is 25.3 Å². The fourth-order valence-electron chi connectivity index (χ4n) is 9.13. The number of aromatic amines is 1. The van der Waals surface area contributed by atoms with Gasteiger partial charge in [0.05, 0.1) is 6.04 Å². The number of H-pyrrole nitrogens is 1. The number of urea groups is 1. The first-order valence-electron chi connectivity index (χ1n) is 22.3. The van der Waals surface area contributed by atoms with Crippen LogP contribution in [-0.2, 0) is 10.2 Å². The van der Waals surface area contributed by atoms with Gasteiger partial charge in [-0.1, -0.05) is 38.1 Å². The van der Waals surface area contributed by atoms with Gasteiger partial charge in [0.1, 0.15) is 23.4 Å². The lowest BCUT2D eigenvalue weighted by Gasteiger charge is -2.40. The largest absolute Gasteiger partial charge is 0.372 e. The van der Waals surface area contributed by atoms with E-state index in [0.717, 1.165) is 104 Å². The number of anilines is 3. The molecule has 1 atom stereocenters. The Labute approximate surface area is 372 Å². The number of imide groups is 1. The van der Waals surface area contributed by atoms with Gasteiger partial charge in [-0.3, -0.25) is 24.7 Å². The number of aryl methyl sites for hydroxylation is 2. The topological polar surface area (TPSA) is 182 Å². The maximum atomic E-state index is 12.9. The molecule has 0 saturated carbocycles. The number of aromatic nitrogens is 6. The molecule has 3 aromatic heterocycles. The van der Waals surface area contributed by atoms with E-state index in [2.05, 4.69) is 92.9 Å². The fraction of sp³-hybridized carbons (Fsp3) is 0.417. The molecule has 332 valence electrons. The maximum Gasteiger partial charge on any atom is 0.328 e. The van der Waals surface area contributed by atoms with E-state index >= 15 is 0 Å². The number of piperidine rings is 1. The minimum Gasteiger partial charge on any atom is -0.372 e. The van der Waals surface area contributed by atoms with Crippen LogP contribution in [0.4, 0.5) is 21.9 Å². The van der Waals surface area contributed by atoms with Gasteiger partial charge in [0.25, 0.3) is 0 Å². The molecule has 6 aromatic rings. The van der Waals surface area contributed by atoms with Crippen molar-refractivity contribution < 1.29 is 18.9 Å². The summed E-state index contributed by atoms with van der Waals surface area (Å²) in [7, 11) is 0. The summed E-state index contributed by atoms with van der Waals surface area (Å²) in [6, 6.07) is 20.3. The van der Waals surface area contributed by atoms with Gasteiger partial charge in [0.2, 0.25) is 5.91 Å². The molecule has 0 aliphatic carbocycles. The van der Waals surface area contributed by atoms with Crippen LogP contribution in [0, 0.1) is 19.8 Å². The molecule has 3 N–H and O–H groups in total. The summed E-state index contributed by atoms with van der Waals surface area (Å²) in [5.74, 6) is 1.20. The average molecular weight is 865 g/mol. The van der Waals surface area contributed by atoms with Crippen LogP contribution in [0.25, 0.3) is 33.8 Å². The zero-order chi connectivity index (χ0) is 44.7. The molecular formula is C48H56N12O4. The summed E-state index contributed by atoms with van der Waals surface area (Å²) in [5, 5.41) is 9.39. The Hall–Kier alpha value is -6.68. The van der Waals surface area contributed by atoms with Crippen molar-refractivity contribution >= 4 is 46.1 Å². The molecule has 9 rings (SSSR count). The van der Waals surface area contributed by atoms with E-state index in [1.165, 1.54) is 11.4 Å². The summed E-state index contributed by atoms with van der Waals surface area (Å²) in [5.41, 5.74) is 9.89. The molecule has 4 amide bonds. The van der Waals surface area contributed by atoms with Crippen LogP contribution >= 0.6 is 0 Å². The van der Waals surface area contributed by atoms with Crippen molar-refractivity contribution in [2.24, 2.45) is 5.92 Å². The van der Waals surface area contributed by atoms with Crippen LogP contribution in [0.15, 0.2) is 71.5 Å². The second-order valence-corrected chi connectivity index (χ2v) is 18.4. The first kappa shape index (κ1) is 42.6. The Morgan fingerprint density at radius 2 is 1.56 bits per heavy atom. The number of rotatable bonds is 10. The molecular weight excluding hydrogens is 809 g/mol. The predicted octanol–water partition coefficient (Wildman–Crippen LogP) is 6.96. The first-order valence-corrected chi connectivity index (χ1v) is 22.3. The molecule has 0 radical (unpaired) electrons. The minimum atomic E-state index is -0.416. The number of hydrogen-bond donors (Lipinski definition) is 3. The molecule has 3 aromatic carbocycles. The summed E-state index contributed by atoms with van der Waals surface area (Å²) in [6.45, 7) is 19.5. The van der Waals surface area contributed by atoms with Gasteiger partial charge in [0, 0.05) is 92.4 Å². The van der Waals surface area contributed by atoms with Gasteiger partial charge in [-0.25, -0.2) is 19.7 Å². The van der Waals surface area contributed by atoms with E-state index in [1.54, 1.807) is 11.2 Å². The molecule has 3 fully saturated rings. The van der Waals surface area contributed by atoms with Crippen molar-refractivity contribution in [1.29, 1.82) is 0 Å². The number of imidazole rings is 1. The summed E-state index contributed by atoms with van der Waals surface area (Å²) in [6.07, 6.45) is 4.19. The lowest BCUT2D eigenvalue weighted by molar-refractivity contribution is -0.120. The summed E-state index contributed by atoms with van der Waals surface area (Å²) >= 11 is 0. The van der Waals surface area contributed by atoms with Crippen molar-refractivity contribution in [3.05, 3.63) is 95.4 Å². The number of fused-ring (bicyclic) bond motifs is 1. The fourth-order valence-corrected chi connectivity index (χ4v) is 9.13. The van der Waals surface area contributed by atoms with Crippen molar-refractivity contribution in [3.8, 4) is 22.6 Å². The number of amides is 4. The van der Waals surface area contributed by atoms with Crippen molar-refractivity contribution in [2.45, 2.75) is 72.3 Å². The second kappa shape index (κ2) is 17.5. The van der Waals surface area contributed by atoms with Crippen molar-refractivity contribution in [2.75, 3.05) is 67.1 Å². The van der Waals surface area contributed by atoms with Gasteiger partial charge in [-0.2, -0.15) is 4.98 Å². The molecule has 6 heterocycles. The number of hydrogen-bond acceptors (Lipinski definition) is 12. The van der Waals surface area contributed by atoms with E-state index < -0.39 is 5.91 Å². The quantitative estimate of drug-likeness (QED) is 0.129. The van der Waals surface area contributed by atoms with Gasteiger partial charge >= 0.3 is 17.8 Å². The number of carbonyl (C=O) groups excluding carboxylic acids is 3. The highest BCUT2D eigenvalue weighted by Gasteiger charge is 2.29. The number of nitrogens with zero attached hydrogens (tertiary/aromatic N) is 9. The number of benzene rings is 3. The monoisotopic (exact) mass is 864 g/mol. The summed E-state index contributed by atoms with van der Waals surface area (Å²) < 4.78 is 5.25. The third kappa shape index (κ3) is 8.91. The van der Waals surface area contributed by atoms with Crippen LogP contribution in [0.5, 0.6) is 0 Å². The molecule has 3 aliphatic rings. The van der Waals surface area contributed by atoms with Gasteiger partial charge in [0.15, 0.2) is 11.5 Å². The van der Waals surface area contributed by atoms with Gasteiger partial charge in [-0.05, 0) is 105 Å². The molecule has 0 bridgehead atoms. The molecule has 16 nitrogen and oxygen atoms in total. The first-order chi connectivity index (χ1) is 30.8. The van der Waals surface area contributed by atoms with Gasteiger partial charge < -0.3 is 24.6 Å². The Morgan fingerprint density at radius 1 is 0.844 bits per heavy atom. The van der Waals surface area contributed by atoms with E-state index in [9.17, 15) is 14.4 Å². The Balaban J connectivity index is 0.771. The number of nitrogens with one attached hydrogen (secondary N) is 3.